The molecule has 0 fully saturated rings. The predicted octanol–water partition coefficient (Wildman–Crippen LogP) is 9.52. The van der Waals surface area contributed by atoms with Gasteiger partial charge in [0.15, 0.2) is 0 Å². The van der Waals surface area contributed by atoms with Crippen molar-refractivity contribution in [1.82, 2.24) is 9.97 Å². The van der Waals surface area contributed by atoms with E-state index in [9.17, 15) is 0 Å². The Morgan fingerprint density at radius 2 is 1.37 bits per heavy atom. The second-order valence-corrected chi connectivity index (χ2v) is 10.3. The maximum atomic E-state index is 5.37. The van der Waals surface area contributed by atoms with Crippen LogP contribution >= 0.6 is 0 Å². The Balaban J connectivity index is 1.56. The number of hydrogen-bond donors (Lipinski definition) is 0. The molecule has 0 radical (unpaired) electrons. The summed E-state index contributed by atoms with van der Waals surface area (Å²) in [6, 6.07) is 19.8. The minimum atomic E-state index is 0.271. The molecule has 0 aliphatic heterocycles. The molecule has 3 aliphatic rings. The number of hydrogen-bond acceptors (Lipinski definition) is 2. The van der Waals surface area contributed by atoms with Gasteiger partial charge in [0.25, 0.3) is 0 Å². The van der Waals surface area contributed by atoms with Crippen molar-refractivity contribution in [2.45, 2.75) is 38.0 Å². The van der Waals surface area contributed by atoms with Gasteiger partial charge >= 0.3 is 0 Å². The SMILES string of the molecule is C1=CCC(c2cc(C3=CCCC=C3)c3ccc4c(-c5ccccc5)cc(C5=CCCC=C5)nc4c3n2)C=C1. The van der Waals surface area contributed by atoms with Crippen LogP contribution in [0.15, 0.2) is 115 Å². The molecule has 0 amide bonds. The van der Waals surface area contributed by atoms with E-state index >= 15 is 0 Å². The van der Waals surface area contributed by atoms with E-state index in [1.165, 1.54) is 33.2 Å². The van der Waals surface area contributed by atoms with Crippen LogP contribution in [0, 0.1) is 0 Å². The minimum Gasteiger partial charge on any atom is -0.250 e. The molecule has 184 valence electrons. The van der Waals surface area contributed by atoms with Crippen LogP contribution in [0.5, 0.6) is 0 Å². The van der Waals surface area contributed by atoms with Crippen molar-refractivity contribution >= 4 is 33.0 Å². The second-order valence-electron chi connectivity index (χ2n) is 10.3. The zero-order chi connectivity index (χ0) is 25.3. The molecular formula is C36H30N2. The van der Waals surface area contributed by atoms with Crippen LogP contribution in [0.1, 0.15) is 55.0 Å². The molecule has 2 heteroatoms. The van der Waals surface area contributed by atoms with Gasteiger partial charge in [-0.05, 0) is 72.1 Å². The van der Waals surface area contributed by atoms with Gasteiger partial charge in [0.1, 0.15) is 0 Å². The molecule has 0 spiro atoms. The first kappa shape index (κ1) is 22.9. The Hall–Kier alpha value is -4.30. The smallest absolute Gasteiger partial charge is 0.0978 e. The lowest BCUT2D eigenvalue weighted by molar-refractivity contribution is 0.821. The van der Waals surface area contributed by atoms with Gasteiger partial charge in [0.2, 0.25) is 0 Å². The van der Waals surface area contributed by atoms with E-state index in [0.29, 0.717) is 0 Å². The molecule has 0 saturated heterocycles. The van der Waals surface area contributed by atoms with Gasteiger partial charge < -0.3 is 0 Å². The summed E-state index contributed by atoms with van der Waals surface area (Å²) in [4.78, 5) is 10.7. The fourth-order valence-electron chi connectivity index (χ4n) is 5.84. The number of aromatic nitrogens is 2. The molecule has 2 aromatic heterocycles. The van der Waals surface area contributed by atoms with Gasteiger partial charge in [-0.1, -0.05) is 103 Å². The fourth-order valence-corrected chi connectivity index (χ4v) is 5.84. The Labute approximate surface area is 224 Å². The average Bonchev–Trinajstić information content (AvgIpc) is 3.01. The summed E-state index contributed by atoms with van der Waals surface area (Å²) in [6.07, 6.45) is 27.8. The first-order chi connectivity index (χ1) is 18.8. The van der Waals surface area contributed by atoms with Gasteiger partial charge in [-0.2, -0.15) is 0 Å². The monoisotopic (exact) mass is 490 g/mol. The van der Waals surface area contributed by atoms with Gasteiger partial charge in [-0.25, -0.2) is 9.97 Å². The second kappa shape index (κ2) is 9.87. The molecule has 1 atom stereocenters. The van der Waals surface area contributed by atoms with E-state index in [0.717, 1.165) is 59.9 Å². The molecule has 0 bridgehead atoms. The van der Waals surface area contributed by atoms with E-state index in [-0.39, 0.29) is 5.92 Å². The molecule has 38 heavy (non-hydrogen) atoms. The summed E-state index contributed by atoms with van der Waals surface area (Å²) < 4.78 is 0. The molecular weight excluding hydrogens is 460 g/mol. The van der Waals surface area contributed by atoms with Crippen molar-refractivity contribution in [2.24, 2.45) is 0 Å². The zero-order valence-corrected chi connectivity index (χ0v) is 21.5. The standard InChI is InChI=1S/C36H30N2/c1-5-13-25(14-6-1)31-23-33(27-17-9-3-10-18-27)37-35-29(31)21-22-30-32(26-15-7-2-8-16-26)24-34(38-36(30)35)28-19-11-4-12-20-28/h1,4-7,9,11-19,21-24,28H,2-3,8,10,20H2. The van der Waals surface area contributed by atoms with Gasteiger partial charge in [0, 0.05) is 22.4 Å². The number of rotatable bonds is 4. The third kappa shape index (κ3) is 4.16. The highest BCUT2D eigenvalue weighted by Gasteiger charge is 2.20. The molecule has 2 heterocycles. The van der Waals surface area contributed by atoms with Gasteiger partial charge in [-0.15, -0.1) is 0 Å². The maximum absolute atomic E-state index is 5.37. The highest BCUT2D eigenvalue weighted by Crippen LogP contribution is 2.39. The van der Waals surface area contributed by atoms with Crippen molar-refractivity contribution in [3.8, 4) is 11.1 Å². The summed E-state index contributed by atoms with van der Waals surface area (Å²) in [7, 11) is 0. The molecule has 2 nitrogen and oxygen atoms in total. The van der Waals surface area contributed by atoms with Crippen molar-refractivity contribution in [3.05, 3.63) is 132 Å². The van der Waals surface area contributed by atoms with Crippen molar-refractivity contribution < 1.29 is 0 Å². The summed E-state index contributed by atoms with van der Waals surface area (Å²) in [5.41, 5.74) is 10.3. The third-order valence-electron chi connectivity index (χ3n) is 7.82. The van der Waals surface area contributed by atoms with Crippen molar-refractivity contribution in [1.29, 1.82) is 0 Å². The molecule has 4 aromatic rings. The van der Waals surface area contributed by atoms with E-state index in [1.807, 2.05) is 0 Å². The summed E-state index contributed by atoms with van der Waals surface area (Å²) >= 11 is 0. The van der Waals surface area contributed by atoms with Crippen molar-refractivity contribution in [3.63, 3.8) is 0 Å². The third-order valence-corrected chi connectivity index (χ3v) is 7.82. The molecule has 2 aromatic carbocycles. The number of fused-ring (bicyclic) bond motifs is 3. The van der Waals surface area contributed by atoms with Crippen molar-refractivity contribution in [2.75, 3.05) is 0 Å². The first-order valence-corrected chi connectivity index (χ1v) is 13.8. The molecule has 0 N–H and O–H groups in total. The predicted molar refractivity (Wildman–Crippen MR) is 161 cm³/mol. The van der Waals surface area contributed by atoms with Crippen LogP contribution < -0.4 is 0 Å². The Morgan fingerprint density at radius 3 is 2.08 bits per heavy atom. The minimum absolute atomic E-state index is 0.271. The topological polar surface area (TPSA) is 25.8 Å². The first-order valence-electron chi connectivity index (χ1n) is 13.8. The number of nitrogens with zero attached hydrogens (tertiary/aromatic N) is 2. The lowest BCUT2D eigenvalue weighted by Crippen LogP contribution is -2.04. The Morgan fingerprint density at radius 1 is 0.632 bits per heavy atom. The lowest BCUT2D eigenvalue weighted by Gasteiger charge is -2.19. The molecule has 7 rings (SSSR count). The zero-order valence-electron chi connectivity index (χ0n) is 21.5. The lowest BCUT2D eigenvalue weighted by atomic mass is 9.89. The van der Waals surface area contributed by atoms with Gasteiger partial charge in [-0.3, -0.25) is 0 Å². The summed E-state index contributed by atoms with van der Waals surface area (Å²) in [6.45, 7) is 0. The largest absolute Gasteiger partial charge is 0.250 e. The summed E-state index contributed by atoms with van der Waals surface area (Å²) in [5.74, 6) is 0.271. The van der Waals surface area contributed by atoms with E-state index < -0.39 is 0 Å². The van der Waals surface area contributed by atoms with Crippen LogP contribution in [0.3, 0.4) is 0 Å². The van der Waals surface area contributed by atoms with Crippen LogP contribution in [-0.4, -0.2) is 9.97 Å². The average molecular weight is 491 g/mol. The highest BCUT2D eigenvalue weighted by molar-refractivity contribution is 6.12. The normalized spacial score (nSPS) is 18.7. The number of benzene rings is 2. The molecule has 0 saturated carbocycles. The maximum Gasteiger partial charge on any atom is 0.0978 e. The Bertz CT molecular complexity index is 1730. The van der Waals surface area contributed by atoms with Crippen LogP contribution in [0.4, 0.5) is 0 Å². The van der Waals surface area contributed by atoms with E-state index in [2.05, 4.69) is 115 Å². The van der Waals surface area contributed by atoms with Crippen LogP contribution in [0.25, 0.3) is 44.1 Å². The molecule has 3 aliphatic carbocycles. The fraction of sp³-hybridized carbons (Fsp3) is 0.167. The van der Waals surface area contributed by atoms with Crippen LogP contribution in [-0.2, 0) is 0 Å². The Kier molecular flexibility index (Phi) is 5.94. The molecule has 1 unspecified atom stereocenters. The highest BCUT2D eigenvalue weighted by atomic mass is 14.8. The van der Waals surface area contributed by atoms with E-state index in [4.69, 9.17) is 9.97 Å². The quantitative estimate of drug-likeness (QED) is 0.266. The van der Waals surface area contributed by atoms with Gasteiger partial charge in [0.05, 0.1) is 16.7 Å². The number of allylic oxidation sites excluding steroid dienone is 12. The van der Waals surface area contributed by atoms with E-state index in [1.54, 1.807) is 0 Å². The number of pyridine rings is 2. The summed E-state index contributed by atoms with van der Waals surface area (Å²) in [5, 5.41) is 2.32. The van der Waals surface area contributed by atoms with Crippen LogP contribution in [0.2, 0.25) is 0 Å².